The number of benzene rings is 2. The molecular weight excluding hydrogens is 418 g/mol. The first kappa shape index (κ1) is 21.0. The number of hydrogen-bond acceptors (Lipinski definition) is 5. The number of nitro groups is 1. The fourth-order valence-electron chi connectivity index (χ4n) is 2.92. The van der Waals surface area contributed by atoms with Crippen LogP contribution in [0.3, 0.4) is 0 Å². The maximum Gasteiger partial charge on any atom is 0.270 e. The van der Waals surface area contributed by atoms with Crippen LogP contribution >= 0.6 is 11.6 Å². The van der Waals surface area contributed by atoms with E-state index in [9.17, 15) is 23.3 Å². The molecule has 1 amide bonds. The highest BCUT2D eigenvalue weighted by Gasteiger charge is 2.29. The summed E-state index contributed by atoms with van der Waals surface area (Å²) >= 11 is 6.03. The zero-order valence-corrected chi connectivity index (χ0v) is 16.8. The minimum atomic E-state index is -3.62. The second-order valence-corrected chi connectivity index (χ2v) is 8.60. The lowest BCUT2D eigenvalue weighted by molar-refractivity contribution is -0.384. The van der Waals surface area contributed by atoms with Crippen molar-refractivity contribution in [1.29, 1.82) is 0 Å². The Morgan fingerprint density at radius 2 is 1.72 bits per heavy atom. The second kappa shape index (κ2) is 8.73. The van der Waals surface area contributed by atoms with Crippen LogP contribution in [-0.4, -0.2) is 54.6 Å². The molecule has 8 nitrogen and oxygen atoms in total. The van der Waals surface area contributed by atoms with E-state index in [0.29, 0.717) is 0 Å². The van der Waals surface area contributed by atoms with Gasteiger partial charge in [-0.25, -0.2) is 8.42 Å². The lowest BCUT2D eigenvalue weighted by Crippen LogP contribution is -2.50. The van der Waals surface area contributed by atoms with Crippen LogP contribution in [0.15, 0.2) is 53.9 Å². The fourth-order valence-corrected chi connectivity index (χ4v) is 4.29. The van der Waals surface area contributed by atoms with Crippen molar-refractivity contribution in [2.24, 2.45) is 0 Å². The van der Waals surface area contributed by atoms with Gasteiger partial charge in [-0.1, -0.05) is 41.9 Å². The van der Waals surface area contributed by atoms with Gasteiger partial charge in [-0.05, 0) is 17.7 Å². The number of carbonyl (C=O) groups excluding carboxylic acids is 1. The third kappa shape index (κ3) is 5.00. The number of sulfonamides is 1. The molecule has 1 aliphatic rings. The fraction of sp³-hybridized carbons (Fsp3) is 0.211. The van der Waals surface area contributed by atoms with Crippen molar-refractivity contribution in [2.45, 2.75) is 0 Å². The van der Waals surface area contributed by atoms with Crippen LogP contribution < -0.4 is 0 Å². The summed E-state index contributed by atoms with van der Waals surface area (Å²) in [5, 5.41) is 12.2. The first-order valence-electron chi connectivity index (χ1n) is 8.74. The van der Waals surface area contributed by atoms with E-state index >= 15 is 0 Å². The first-order chi connectivity index (χ1) is 13.8. The Morgan fingerprint density at radius 1 is 1.07 bits per heavy atom. The van der Waals surface area contributed by atoms with Crippen molar-refractivity contribution in [3.8, 4) is 0 Å². The van der Waals surface area contributed by atoms with E-state index in [1.165, 1.54) is 27.4 Å². The van der Waals surface area contributed by atoms with E-state index < -0.39 is 20.9 Å². The average molecular weight is 436 g/mol. The van der Waals surface area contributed by atoms with Crippen LogP contribution in [0.2, 0.25) is 5.02 Å². The SMILES string of the molecule is O=C(c1cc([N+](=O)[O-])ccc1Cl)N1CCN(S(=O)(=O)/C=C/c2ccccc2)CC1. The Kier molecular flexibility index (Phi) is 6.31. The summed E-state index contributed by atoms with van der Waals surface area (Å²) in [5.74, 6) is -0.462. The van der Waals surface area contributed by atoms with Gasteiger partial charge in [0.2, 0.25) is 10.0 Å². The number of non-ortho nitro benzene ring substituents is 1. The van der Waals surface area contributed by atoms with Gasteiger partial charge in [0.05, 0.1) is 15.5 Å². The van der Waals surface area contributed by atoms with E-state index in [1.807, 2.05) is 18.2 Å². The van der Waals surface area contributed by atoms with Gasteiger partial charge in [0.15, 0.2) is 0 Å². The quantitative estimate of drug-likeness (QED) is 0.530. The molecule has 0 radical (unpaired) electrons. The summed E-state index contributed by atoms with van der Waals surface area (Å²) < 4.78 is 26.3. The van der Waals surface area contributed by atoms with E-state index in [1.54, 1.807) is 12.1 Å². The van der Waals surface area contributed by atoms with Gasteiger partial charge in [-0.2, -0.15) is 4.31 Å². The highest BCUT2D eigenvalue weighted by atomic mass is 35.5. The molecule has 1 aliphatic heterocycles. The Labute approximate surface area is 173 Å². The highest BCUT2D eigenvalue weighted by Crippen LogP contribution is 2.24. The van der Waals surface area contributed by atoms with Crippen molar-refractivity contribution in [3.05, 3.63) is 80.2 Å². The third-order valence-corrected chi connectivity index (χ3v) is 6.40. The summed E-state index contributed by atoms with van der Waals surface area (Å²) in [7, 11) is -3.62. The van der Waals surface area contributed by atoms with Crippen LogP contribution in [0.4, 0.5) is 5.69 Å². The molecule has 0 saturated carbocycles. The molecule has 10 heteroatoms. The number of piperazine rings is 1. The Balaban J connectivity index is 1.67. The van der Waals surface area contributed by atoms with E-state index in [-0.39, 0.29) is 42.5 Å². The monoisotopic (exact) mass is 435 g/mol. The number of halogens is 1. The molecule has 0 aromatic heterocycles. The largest absolute Gasteiger partial charge is 0.336 e. The minimum absolute atomic E-state index is 0.0288. The van der Waals surface area contributed by atoms with Crippen molar-refractivity contribution in [1.82, 2.24) is 9.21 Å². The number of hydrogen-bond donors (Lipinski definition) is 0. The van der Waals surface area contributed by atoms with Crippen molar-refractivity contribution < 1.29 is 18.1 Å². The molecule has 0 atom stereocenters. The lowest BCUT2D eigenvalue weighted by Gasteiger charge is -2.33. The topological polar surface area (TPSA) is 101 Å². The predicted molar refractivity (Wildman–Crippen MR) is 110 cm³/mol. The minimum Gasteiger partial charge on any atom is -0.336 e. The molecule has 0 unspecified atom stereocenters. The average Bonchev–Trinajstić information content (AvgIpc) is 2.73. The van der Waals surface area contributed by atoms with Gasteiger partial charge in [0.1, 0.15) is 0 Å². The van der Waals surface area contributed by atoms with Crippen molar-refractivity contribution in [2.75, 3.05) is 26.2 Å². The van der Waals surface area contributed by atoms with Crippen molar-refractivity contribution >= 4 is 39.3 Å². The smallest absolute Gasteiger partial charge is 0.270 e. The molecule has 1 saturated heterocycles. The van der Waals surface area contributed by atoms with Crippen molar-refractivity contribution in [3.63, 3.8) is 0 Å². The van der Waals surface area contributed by atoms with Gasteiger partial charge in [0, 0.05) is 43.7 Å². The molecule has 1 fully saturated rings. The van der Waals surface area contributed by atoms with Crippen LogP contribution in [0, 0.1) is 10.1 Å². The lowest BCUT2D eigenvalue weighted by atomic mass is 10.1. The summed E-state index contributed by atoms with van der Waals surface area (Å²) in [4.78, 5) is 24.5. The van der Waals surface area contributed by atoms with Crippen LogP contribution in [0.1, 0.15) is 15.9 Å². The summed E-state index contributed by atoms with van der Waals surface area (Å²) in [6.07, 6.45) is 1.52. The standard InChI is InChI=1S/C19H18ClN3O5S/c20-18-7-6-16(23(25)26)14-17(18)19(24)21-9-11-22(12-10-21)29(27,28)13-8-15-4-2-1-3-5-15/h1-8,13-14H,9-12H2/b13-8+. The molecule has 0 bridgehead atoms. The normalized spacial score (nSPS) is 15.6. The maximum absolute atomic E-state index is 12.7. The zero-order chi connectivity index (χ0) is 21.0. The van der Waals surface area contributed by atoms with Gasteiger partial charge in [0.25, 0.3) is 11.6 Å². The number of rotatable bonds is 5. The van der Waals surface area contributed by atoms with Gasteiger partial charge in [-0.3, -0.25) is 14.9 Å². The number of carbonyl (C=O) groups is 1. The van der Waals surface area contributed by atoms with Gasteiger partial charge < -0.3 is 4.90 Å². The van der Waals surface area contributed by atoms with Crippen LogP contribution in [0.5, 0.6) is 0 Å². The van der Waals surface area contributed by atoms with E-state index in [4.69, 9.17) is 11.6 Å². The molecule has 0 N–H and O–H groups in total. The molecule has 29 heavy (non-hydrogen) atoms. The van der Waals surface area contributed by atoms with Crippen LogP contribution in [0.25, 0.3) is 6.08 Å². The summed E-state index contributed by atoms with van der Waals surface area (Å²) in [6, 6.07) is 12.7. The summed E-state index contributed by atoms with van der Waals surface area (Å²) in [6.45, 7) is 0.575. The molecule has 0 aliphatic carbocycles. The molecule has 3 rings (SSSR count). The molecule has 0 spiro atoms. The molecular formula is C19H18ClN3O5S. The zero-order valence-electron chi connectivity index (χ0n) is 15.3. The van der Waals surface area contributed by atoms with E-state index in [2.05, 4.69) is 0 Å². The Bertz CT molecular complexity index is 1050. The maximum atomic E-state index is 12.7. The first-order valence-corrected chi connectivity index (χ1v) is 10.6. The summed E-state index contributed by atoms with van der Waals surface area (Å²) in [5.41, 5.74) is 0.566. The van der Waals surface area contributed by atoms with Gasteiger partial charge >= 0.3 is 0 Å². The third-order valence-electron chi connectivity index (χ3n) is 4.51. The molecule has 1 heterocycles. The second-order valence-electron chi connectivity index (χ2n) is 6.37. The predicted octanol–water partition coefficient (Wildman–Crippen LogP) is 3.01. The number of amides is 1. The molecule has 152 valence electrons. The van der Waals surface area contributed by atoms with E-state index in [0.717, 1.165) is 17.0 Å². The highest BCUT2D eigenvalue weighted by molar-refractivity contribution is 7.92. The number of nitrogens with zero attached hydrogens (tertiary/aromatic N) is 3. The molecule has 2 aromatic carbocycles. The van der Waals surface area contributed by atoms with Gasteiger partial charge in [-0.15, -0.1) is 0 Å². The van der Waals surface area contributed by atoms with Crippen LogP contribution in [-0.2, 0) is 10.0 Å². The number of nitro benzene ring substituents is 1. The molecule has 2 aromatic rings. The Morgan fingerprint density at radius 3 is 2.34 bits per heavy atom. The Hall–Kier alpha value is -2.75.